The Morgan fingerprint density at radius 1 is 1.17 bits per heavy atom. The van der Waals surface area contributed by atoms with Gasteiger partial charge in [0.25, 0.3) is 5.92 Å². The molecule has 4 nitrogen and oxygen atoms in total. The van der Waals surface area contributed by atoms with Crippen molar-refractivity contribution in [2.24, 2.45) is 5.73 Å². The molecule has 0 aliphatic heterocycles. The molecule has 18 heavy (non-hydrogen) atoms. The molecule has 0 fully saturated rings. The van der Waals surface area contributed by atoms with Crippen LogP contribution in [0.1, 0.15) is 0 Å². The first-order valence-electron chi connectivity index (χ1n) is 4.70. The van der Waals surface area contributed by atoms with Gasteiger partial charge in [-0.25, -0.2) is 30.7 Å². The second-order valence-corrected chi connectivity index (χ2v) is 5.26. The molecule has 0 aromatic heterocycles. The van der Waals surface area contributed by atoms with Crippen LogP contribution in [0.25, 0.3) is 0 Å². The summed E-state index contributed by atoms with van der Waals surface area (Å²) < 4.78 is 75.6. The lowest BCUT2D eigenvalue weighted by Crippen LogP contribution is -2.41. The second-order valence-electron chi connectivity index (χ2n) is 3.49. The van der Waals surface area contributed by atoms with Crippen molar-refractivity contribution in [1.29, 1.82) is 0 Å². The van der Waals surface area contributed by atoms with E-state index in [9.17, 15) is 26.0 Å². The molecule has 0 aliphatic carbocycles. The van der Waals surface area contributed by atoms with Crippen molar-refractivity contribution in [2.75, 3.05) is 13.1 Å². The number of halogens is 4. The van der Waals surface area contributed by atoms with Gasteiger partial charge in [-0.1, -0.05) is 0 Å². The van der Waals surface area contributed by atoms with E-state index in [0.29, 0.717) is 18.2 Å². The topological polar surface area (TPSA) is 72.2 Å². The number of nitrogens with two attached hydrogens (primary N) is 1. The molecule has 1 aromatic carbocycles. The highest BCUT2D eigenvalue weighted by molar-refractivity contribution is 7.89. The largest absolute Gasteiger partial charge is 0.325 e. The lowest BCUT2D eigenvalue weighted by molar-refractivity contribution is 0.0170. The highest BCUT2D eigenvalue weighted by Gasteiger charge is 2.29. The highest BCUT2D eigenvalue weighted by atomic mass is 32.2. The van der Waals surface area contributed by atoms with Crippen molar-refractivity contribution in [2.45, 2.75) is 10.8 Å². The molecular weight excluding hydrogens is 276 g/mol. The van der Waals surface area contributed by atoms with Gasteiger partial charge < -0.3 is 5.73 Å². The molecule has 3 N–H and O–H groups in total. The van der Waals surface area contributed by atoms with Gasteiger partial charge in [-0.3, -0.25) is 0 Å². The molecule has 0 bridgehead atoms. The average Bonchev–Trinajstić information content (AvgIpc) is 2.25. The second kappa shape index (κ2) is 5.21. The monoisotopic (exact) mass is 286 g/mol. The Morgan fingerprint density at radius 3 is 2.11 bits per heavy atom. The van der Waals surface area contributed by atoms with Crippen molar-refractivity contribution >= 4 is 10.0 Å². The van der Waals surface area contributed by atoms with Gasteiger partial charge in [-0.2, -0.15) is 0 Å². The molecule has 0 atom stereocenters. The van der Waals surface area contributed by atoms with Crippen LogP contribution in [0.15, 0.2) is 23.1 Å². The molecule has 102 valence electrons. The predicted molar refractivity (Wildman–Crippen MR) is 55.5 cm³/mol. The van der Waals surface area contributed by atoms with Crippen LogP contribution in [0.5, 0.6) is 0 Å². The summed E-state index contributed by atoms with van der Waals surface area (Å²) in [5.74, 6) is -5.68. The third-order valence-corrected chi connectivity index (χ3v) is 3.35. The zero-order chi connectivity index (χ0) is 14.0. The molecule has 0 saturated heterocycles. The van der Waals surface area contributed by atoms with Crippen LogP contribution in [-0.4, -0.2) is 27.4 Å². The minimum absolute atomic E-state index is 0.466. The molecule has 1 aromatic rings. The Hall–Kier alpha value is -1.19. The summed E-state index contributed by atoms with van der Waals surface area (Å²) >= 11 is 0. The summed E-state index contributed by atoms with van der Waals surface area (Å²) in [6.45, 7) is -2.29. The zero-order valence-corrected chi connectivity index (χ0v) is 9.78. The first-order valence-corrected chi connectivity index (χ1v) is 6.18. The molecule has 0 aliphatic rings. The summed E-state index contributed by atoms with van der Waals surface area (Å²) in [4.78, 5) is -0.771. The maximum absolute atomic E-state index is 12.8. The third kappa shape index (κ3) is 3.93. The highest BCUT2D eigenvalue weighted by Crippen LogP contribution is 2.15. The summed E-state index contributed by atoms with van der Waals surface area (Å²) in [7, 11) is -4.41. The smallest absolute Gasteiger partial charge is 0.273 e. The number of sulfonamides is 1. The number of benzene rings is 1. The van der Waals surface area contributed by atoms with Crippen LogP contribution in [0, 0.1) is 11.6 Å². The van der Waals surface area contributed by atoms with Crippen molar-refractivity contribution in [3.05, 3.63) is 29.8 Å². The van der Waals surface area contributed by atoms with Gasteiger partial charge in [-0.15, -0.1) is 0 Å². The Labute approximate surface area is 101 Å². The van der Waals surface area contributed by atoms with Crippen LogP contribution < -0.4 is 10.5 Å². The predicted octanol–water partition coefficient (Wildman–Crippen LogP) is 0.837. The lowest BCUT2D eigenvalue weighted by Gasteiger charge is -2.14. The van der Waals surface area contributed by atoms with E-state index in [-0.39, 0.29) is 0 Å². The Bertz CT molecular complexity index is 513. The van der Waals surface area contributed by atoms with E-state index in [1.165, 1.54) is 4.72 Å². The number of hydrogen-bond donors (Lipinski definition) is 2. The Kier molecular flexibility index (Phi) is 4.30. The maximum atomic E-state index is 12.8. The zero-order valence-electron chi connectivity index (χ0n) is 8.96. The first-order chi connectivity index (χ1) is 8.16. The quantitative estimate of drug-likeness (QED) is 0.788. The van der Waals surface area contributed by atoms with E-state index >= 15 is 0 Å². The van der Waals surface area contributed by atoms with Crippen LogP contribution in [0.3, 0.4) is 0 Å². The van der Waals surface area contributed by atoms with Crippen molar-refractivity contribution in [1.82, 2.24) is 4.72 Å². The summed E-state index contributed by atoms with van der Waals surface area (Å²) in [6.07, 6.45) is 0. The van der Waals surface area contributed by atoms with Crippen LogP contribution >= 0.6 is 0 Å². The molecule has 1 rings (SSSR count). The SMILES string of the molecule is NCC(F)(F)CNS(=O)(=O)c1cc(F)cc(F)c1. The number of rotatable bonds is 5. The first kappa shape index (κ1) is 14.9. The number of hydrogen-bond acceptors (Lipinski definition) is 3. The molecular formula is C9H10F4N2O2S. The van der Waals surface area contributed by atoms with E-state index in [1.54, 1.807) is 0 Å². The minimum atomic E-state index is -4.41. The average molecular weight is 286 g/mol. The molecule has 9 heteroatoms. The summed E-state index contributed by atoms with van der Waals surface area (Å²) in [6, 6.07) is 1.51. The molecule has 0 radical (unpaired) electrons. The van der Waals surface area contributed by atoms with Gasteiger partial charge in [0.05, 0.1) is 18.0 Å². The van der Waals surface area contributed by atoms with E-state index < -0.39 is 45.6 Å². The standard InChI is InChI=1S/C9H10F4N2O2S/c10-6-1-7(11)3-8(2-6)18(16,17)15-5-9(12,13)4-14/h1-3,15H,4-5,14H2. The van der Waals surface area contributed by atoms with Gasteiger partial charge in [0, 0.05) is 6.07 Å². The molecule has 0 heterocycles. The molecule has 0 amide bonds. The van der Waals surface area contributed by atoms with Gasteiger partial charge >= 0.3 is 0 Å². The van der Waals surface area contributed by atoms with Crippen molar-refractivity contribution in [3.63, 3.8) is 0 Å². The molecule has 0 unspecified atom stereocenters. The Morgan fingerprint density at radius 2 is 1.67 bits per heavy atom. The van der Waals surface area contributed by atoms with Crippen molar-refractivity contribution in [3.8, 4) is 0 Å². The fraction of sp³-hybridized carbons (Fsp3) is 0.333. The molecule has 0 spiro atoms. The van der Waals surface area contributed by atoms with E-state index in [2.05, 4.69) is 0 Å². The van der Waals surface area contributed by atoms with Gasteiger partial charge in [-0.05, 0) is 12.1 Å². The number of nitrogens with one attached hydrogen (secondary N) is 1. The lowest BCUT2D eigenvalue weighted by atomic mass is 10.3. The van der Waals surface area contributed by atoms with Gasteiger partial charge in [0.15, 0.2) is 0 Å². The van der Waals surface area contributed by atoms with E-state index in [4.69, 9.17) is 5.73 Å². The fourth-order valence-corrected chi connectivity index (χ4v) is 2.14. The van der Waals surface area contributed by atoms with Gasteiger partial charge in [0.1, 0.15) is 11.6 Å². The van der Waals surface area contributed by atoms with E-state index in [1.807, 2.05) is 0 Å². The van der Waals surface area contributed by atoms with Crippen molar-refractivity contribution < 1.29 is 26.0 Å². The minimum Gasteiger partial charge on any atom is -0.325 e. The van der Waals surface area contributed by atoms with Crippen LogP contribution in [-0.2, 0) is 10.0 Å². The third-order valence-electron chi connectivity index (χ3n) is 1.97. The normalized spacial score (nSPS) is 12.7. The summed E-state index contributed by atoms with van der Waals surface area (Å²) in [5, 5.41) is 0. The Balaban J connectivity index is 2.93. The van der Waals surface area contributed by atoms with Crippen LogP contribution in [0.4, 0.5) is 17.6 Å². The van der Waals surface area contributed by atoms with Crippen LogP contribution in [0.2, 0.25) is 0 Å². The molecule has 0 saturated carbocycles. The summed E-state index contributed by atoms with van der Waals surface area (Å²) in [5.41, 5.74) is 4.72. The fourth-order valence-electron chi connectivity index (χ4n) is 1.04. The maximum Gasteiger partial charge on any atom is 0.273 e. The van der Waals surface area contributed by atoms with E-state index in [0.717, 1.165) is 0 Å². The van der Waals surface area contributed by atoms with Gasteiger partial charge in [0.2, 0.25) is 10.0 Å². The number of alkyl halides is 2.